The Hall–Kier alpha value is -3.20. The molecule has 1 aromatic carbocycles. The lowest BCUT2D eigenvalue weighted by atomic mass is 10.1. The fraction of sp³-hybridized carbons (Fsp3) is 0.211. The van der Waals surface area contributed by atoms with Crippen LogP contribution in [0.3, 0.4) is 0 Å². The topological polar surface area (TPSA) is 87.2 Å². The molecule has 3 heterocycles. The number of rotatable bonds is 5. The zero-order chi connectivity index (χ0) is 19.7. The number of esters is 1. The van der Waals surface area contributed by atoms with E-state index in [1.54, 1.807) is 16.8 Å². The number of aromatic nitrogens is 6. The Balaban J connectivity index is 1.58. The average Bonchev–Trinajstić information content (AvgIpc) is 3.33. The maximum absolute atomic E-state index is 11.9. The third-order valence-corrected chi connectivity index (χ3v) is 5.42. The van der Waals surface area contributed by atoms with Crippen LogP contribution >= 0.6 is 11.8 Å². The number of carbonyl (C=O) groups excluding carboxylic acids is 1. The third kappa shape index (κ3) is 3.36. The molecule has 3 aromatic heterocycles. The molecule has 0 N–H and O–H groups in total. The van der Waals surface area contributed by atoms with Crippen molar-refractivity contribution in [1.29, 1.82) is 0 Å². The van der Waals surface area contributed by atoms with Crippen LogP contribution in [0.1, 0.15) is 27.2 Å². The monoisotopic (exact) mass is 394 g/mol. The Kier molecular flexibility index (Phi) is 4.82. The normalized spacial score (nSPS) is 11.1. The Morgan fingerprint density at radius 2 is 2.07 bits per heavy atom. The predicted molar refractivity (Wildman–Crippen MR) is 105 cm³/mol. The van der Waals surface area contributed by atoms with Crippen molar-refractivity contribution in [3.63, 3.8) is 0 Å². The van der Waals surface area contributed by atoms with Crippen molar-refractivity contribution in [2.24, 2.45) is 0 Å². The van der Waals surface area contributed by atoms with Gasteiger partial charge < -0.3 is 9.14 Å². The predicted octanol–water partition coefficient (Wildman–Crippen LogP) is 3.01. The van der Waals surface area contributed by atoms with E-state index in [0.717, 1.165) is 11.4 Å². The smallest absolute Gasteiger partial charge is 0.341 e. The van der Waals surface area contributed by atoms with Gasteiger partial charge in [0, 0.05) is 18.1 Å². The number of methoxy groups -OCH3 is 1. The van der Waals surface area contributed by atoms with Crippen molar-refractivity contribution >= 4 is 23.4 Å². The molecule has 0 saturated heterocycles. The number of nitrogens with zero attached hydrogens (tertiary/aromatic N) is 6. The Bertz CT molecular complexity index is 1170. The van der Waals surface area contributed by atoms with E-state index in [1.165, 1.54) is 30.0 Å². The first-order chi connectivity index (χ1) is 13.6. The number of thioether (sulfide) groups is 1. The molecule has 0 aliphatic carbocycles. The summed E-state index contributed by atoms with van der Waals surface area (Å²) in [5.74, 6) is 0.155. The molecule has 0 atom stereocenters. The number of hydrogen-bond donors (Lipinski definition) is 0. The molecular weight excluding hydrogens is 376 g/mol. The van der Waals surface area contributed by atoms with E-state index in [9.17, 15) is 4.79 Å². The van der Waals surface area contributed by atoms with E-state index in [-0.39, 0.29) is 0 Å². The van der Waals surface area contributed by atoms with Gasteiger partial charge in [-0.3, -0.25) is 0 Å². The highest BCUT2D eigenvalue weighted by molar-refractivity contribution is 7.98. The summed E-state index contributed by atoms with van der Waals surface area (Å²) in [6, 6.07) is 9.60. The minimum atomic E-state index is -0.408. The molecule has 0 bridgehead atoms. The second kappa shape index (κ2) is 7.43. The van der Waals surface area contributed by atoms with Crippen LogP contribution in [0.4, 0.5) is 0 Å². The number of ether oxygens (including phenoxy) is 1. The van der Waals surface area contributed by atoms with Gasteiger partial charge >= 0.3 is 5.97 Å². The zero-order valence-corrected chi connectivity index (χ0v) is 16.5. The van der Waals surface area contributed by atoms with Crippen molar-refractivity contribution in [2.75, 3.05) is 7.11 Å². The van der Waals surface area contributed by atoms with Gasteiger partial charge in [0.2, 0.25) is 5.16 Å². The molecule has 0 radical (unpaired) electrons. The molecule has 0 fully saturated rings. The van der Waals surface area contributed by atoms with Crippen LogP contribution in [0.2, 0.25) is 0 Å². The first-order valence-electron chi connectivity index (χ1n) is 8.60. The SMILES string of the molecule is COC(=O)c1cccn2cc(CSc3nnnn3-c3ccc(C)c(C)c3)nc12. The number of pyridine rings is 1. The van der Waals surface area contributed by atoms with Gasteiger partial charge in [-0.25, -0.2) is 9.78 Å². The van der Waals surface area contributed by atoms with Gasteiger partial charge in [-0.05, 0) is 59.7 Å². The van der Waals surface area contributed by atoms with E-state index >= 15 is 0 Å². The third-order valence-electron chi connectivity index (χ3n) is 4.46. The number of benzene rings is 1. The molecular formula is C19H18N6O2S. The fourth-order valence-corrected chi connectivity index (χ4v) is 3.60. The molecule has 28 heavy (non-hydrogen) atoms. The molecule has 0 aliphatic heterocycles. The first-order valence-corrected chi connectivity index (χ1v) is 9.59. The Morgan fingerprint density at radius 3 is 2.86 bits per heavy atom. The molecule has 4 rings (SSSR count). The fourth-order valence-electron chi connectivity index (χ4n) is 2.83. The lowest BCUT2D eigenvalue weighted by molar-refractivity contribution is 0.0602. The summed E-state index contributed by atoms with van der Waals surface area (Å²) in [5, 5.41) is 12.7. The molecule has 142 valence electrons. The summed E-state index contributed by atoms with van der Waals surface area (Å²) in [5.41, 5.74) is 5.13. The van der Waals surface area contributed by atoms with E-state index in [0.29, 0.717) is 22.1 Å². The van der Waals surface area contributed by atoms with Crippen LogP contribution in [0.15, 0.2) is 47.9 Å². The van der Waals surface area contributed by atoms with Crippen molar-refractivity contribution in [3.05, 3.63) is 65.1 Å². The molecule has 0 unspecified atom stereocenters. The van der Waals surface area contributed by atoms with Crippen LogP contribution in [0.5, 0.6) is 0 Å². The Morgan fingerprint density at radius 1 is 1.21 bits per heavy atom. The second-order valence-corrected chi connectivity index (χ2v) is 7.25. The van der Waals surface area contributed by atoms with E-state index in [4.69, 9.17) is 4.74 Å². The van der Waals surface area contributed by atoms with Crippen molar-refractivity contribution in [1.82, 2.24) is 29.6 Å². The molecule has 8 nitrogen and oxygen atoms in total. The minimum Gasteiger partial charge on any atom is -0.465 e. The summed E-state index contributed by atoms with van der Waals surface area (Å²) in [6.07, 6.45) is 3.74. The summed E-state index contributed by atoms with van der Waals surface area (Å²) in [7, 11) is 1.36. The Labute approximate surface area is 165 Å². The molecule has 0 spiro atoms. The van der Waals surface area contributed by atoms with Gasteiger partial charge in [0.05, 0.1) is 18.5 Å². The van der Waals surface area contributed by atoms with Crippen molar-refractivity contribution in [3.8, 4) is 5.69 Å². The van der Waals surface area contributed by atoms with E-state index < -0.39 is 5.97 Å². The molecule has 4 aromatic rings. The standard InChI is InChI=1S/C19H18N6O2S/c1-12-6-7-15(9-13(12)2)25-19(21-22-23-25)28-11-14-10-24-8-4-5-16(17(24)20-14)18(26)27-3/h4-10H,11H2,1-3H3. The van der Waals surface area contributed by atoms with Crippen molar-refractivity contribution in [2.45, 2.75) is 24.8 Å². The lowest BCUT2D eigenvalue weighted by Gasteiger charge is -2.06. The van der Waals surface area contributed by atoms with Crippen LogP contribution < -0.4 is 0 Å². The molecule has 0 saturated carbocycles. The summed E-state index contributed by atoms with van der Waals surface area (Å²) < 4.78 is 8.36. The first kappa shape index (κ1) is 18.2. The maximum atomic E-state index is 11.9. The van der Waals surface area contributed by atoms with Crippen LogP contribution in [0.25, 0.3) is 11.3 Å². The van der Waals surface area contributed by atoms with E-state index in [2.05, 4.69) is 46.5 Å². The molecule has 9 heteroatoms. The number of carbonyl (C=O) groups is 1. The summed E-state index contributed by atoms with van der Waals surface area (Å²) in [6.45, 7) is 4.13. The molecule has 0 aliphatic rings. The summed E-state index contributed by atoms with van der Waals surface area (Å²) in [4.78, 5) is 16.5. The average molecular weight is 394 g/mol. The van der Waals surface area contributed by atoms with Gasteiger partial charge in [0.1, 0.15) is 5.56 Å². The second-order valence-electron chi connectivity index (χ2n) is 6.31. The largest absolute Gasteiger partial charge is 0.465 e. The number of imidazole rings is 1. The van der Waals surface area contributed by atoms with Gasteiger partial charge in [-0.2, -0.15) is 4.68 Å². The van der Waals surface area contributed by atoms with Crippen LogP contribution in [-0.4, -0.2) is 42.7 Å². The van der Waals surface area contributed by atoms with Crippen molar-refractivity contribution < 1.29 is 9.53 Å². The zero-order valence-electron chi connectivity index (χ0n) is 15.7. The number of aryl methyl sites for hydroxylation is 2. The highest BCUT2D eigenvalue weighted by Crippen LogP contribution is 2.24. The van der Waals surface area contributed by atoms with Gasteiger partial charge in [-0.1, -0.05) is 17.8 Å². The minimum absolute atomic E-state index is 0.408. The summed E-state index contributed by atoms with van der Waals surface area (Å²) >= 11 is 1.48. The van der Waals surface area contributed by atoms with Crippen LogP contribution in [-0.2, 0) is 10.5 Å². The highest BCUT2D eigenvalue weighted by Gasteiger charge is 2.15. The maximum Gasteiger partial charge on any atom is 0.341 e. The van der Waals surface area contributed by atoms with E-state index in [1.807, 2.05) is 22.9 Å². The quantitative estimate of drug-likeness (QED) is 0.380. The van der Waals surface area contributed by atoms with Crippen LogP contribution in [0, 0.1) is 13.8 Å². The molecule has 0 amide bonds. The van der Waals surface area contributed by atoms with Gasteiger partial charge in [-0.15, -0.1) is 5.10 Å². The van der Waals surface area contributed by atoms with Gasteiger partial charge in [0.15, 0.2) is 5.65 Å². The lowest BCUT2D eigenvalue weighted by Crippen LogP contribution is -2.03. The number of fused-ring (bicyclic) bond motifs is 1. The number of tetrazole rings is 1. The highest BCUT2D eigenvalue weighted by atomic mass is 32.2. The van der Waals surface area contributed by atoms with Gasteiger partial charge in [0.25, 0.3) is 0 Å². The number of hydrogen-bond acceptors (Lipinski definition) is 7.